The van der Waals surface area contributed by atoms with E-state index in [1.165, 1.54) is 23.8 Å². The minimum Gasteiger partial charge on any atom is -0.271 e. The quantitative estimate of drug-likeness (QED) is 0.801. The summed E-state index contributed by atoms with van der Waals surface area (Å²) in [6.07, 6.45) is 2.72. The summed E-state index contributed by atoms with van der Waals surface area (Å²) in [6, 6.07) is 6.59. The van der Waals surface area contributed by atoms with E-state index in [4.69, 9.17) is 0 Å². The molecule has 1 heterocycles. The number of hydrogen-bond donors (Lipinski definition) is 1. The third-order valence-corrected chi connectivity index (χ3v) is 3.40. The van der Waals surface area contributed by atoms with E-state index in [9.17, 15) is 0 Å². The molecule has 0 bridgehead atoms. The molecule has 3 heteroatoms. The summed E-state index contributed by atoms with van der Waals surface area (Å²) < 4.78 is 1.15. The molecule has 0 aliphatic heterocycles. The van der Waals surface area contributed by atoms with Gasteiger partial charge >= 0.3 is 0 Å². The number of nitrogens with zero attached hydrogens (tertiary/aromatic N) is 1. The summed E-state index contributed by atoms with van der Waals surface area (Å²) >= 11 is 2.30. The first-order valence-corrected chi connectivity index (χ1v) is 5.56. The highest BCUT2D eigenvalue weighted by molar-refractivity contribution is 14.1. The molecule has 1 saturated carbocycles. The van der Waals surface area contributed by atoms with Gasteiger partial charge in [-0.25, -0.2) is 0 Å². The number of aromatic nitrogens is 2. The number of hydrogen-bond acceptors (Lipinski definition) is 1. The van der Waals surface area contributed by atoms with Gasteiger partial charge in [-0.1, -0.05) is 6.07 Å². The Labute approximate surface area is 89.9 Å². The van der Waals surface area contributed by atoms with Gasteiger partial charge in [0.15, 0.2) is 0 Å². The number of fused-ring (bicyclic) bond motifs is 1. The summed E-state index contributed by atoms with van der Waals surface area (Å²) in [5, 5.41) is 8.47. The van der Waals surface area contributed by atoms with Gasteiger partial charge in [-0.2, -0.15) is 5.10 Å². The van der Waals surface area contributed by atoms with Crippen molar-refractivity contribution in [2.45, 2.75) is 18.8 Å². The molecule has 1 aromatic carbocycles. The molecule has 2 nitrogen and oxygen atoms in total. The lowest BCUT2D eigenvalue weighted by Gasteiger charge is -1.96. The number of aromatic amines is 1. The van der Waals surface area contributed by atoms with Gasteiger partial charge < -0.3 is 0 Å². The molecule has 1 aromatic heterocycles. The van der Waals surface area contributed by atoms with Crippen molar-refractivity contribution in [1.82, 2.24) is 10.2 Å². The molecule has 1 N–H and O–H groups in total. The van der Waals surface area contributed by atoms with E-state index >= 15 is 0 Å². The first-order valence-electron chi connectivity index (χ1n) is 4.48. The molecule has 1 fully saturated rings. The molecule has 0 unspecified atom stereocenters. The van der Waals surface area contributed by atoms with Crippen LogP contribution < -0.4 is 0 Å². The lowest BCUT2D eigenvalue weighted by Crippen LogP contribution is -1.78. The van der Waals surface area contributed by atoms with Crippen LogP contribution in [0.5, 0.6) is 0 Å². The molecule has 0 radical (unpaired) electrons. The summed E-state index contributed by atoms with van der Waals surface area (Å²) in [5.74, 6) is 0.829. The van der Waals surface area contributed by atoms with E-state index in [2.05, 4.69) is 51.0 Å². The topological polar surface area (TPSA) is 28.7 Å². The molecule has 0 atom stereocenters. The predicted molar refractivity (Wildman–Crippen MR) is 60.8 cm³/mol. The number of rotatable bonds is 1. The number of nitrogens with one attached hydrogen (secondary N) is 1. The average molecular weight is 284 g/mol. The van der Waals surface area contributed by atoms with E-state index in [0.29, 0.717) is 0 Å². The smallest absolute Gasteiger partial charge is 0.104 e. The summed E-state index contributed by atoms with van der Waals surface area (Å²) in [5.41, 5.74) is 2.56. The average Bonchev–Trinajstić information content (AvgIpc) is 2.93. The van der Waals surface area contributed by atoms with Gasteiger partial charge in [0.2, 0.25) is 0 Å². The van der Waals surface area contributed by atoms with E-state index < -0.39 is 0 Å². The van der Waals surface area contributed by atoms with Gasteiger partial charge in [-0.3, -0.25) is 5.10 Å². The Morgan fingerprint density at radius 2 is 2.23 bits per heavy atom. The predicted octanol–water partition coefficient (Wildman–Crippen LogP) is 3.04. The zero-order valence-electron chi connectivity index (χ0n) is 7.05. The Kier molecular flexibility index (Phi) is 1.62. The van der Waals surface area contributed by atoms with Crippen LogP contribution >= 0.6 is 22.6 Å². The maximum Gasteiger partial charge on any atom is 0.104 e. The van der Waals surface area contributed by atoms with Crippen molar-refractivity contribution in [3.63, 3.8) is 0 Å². The van der Waals surface area contributed by atoms with Crippen molar-refractivity contribution < 1.29 is 0 Å². The molecular formula is C10H9IN2. The Morgan fingerprint density at radius 1 is 1.38 bits per heavy atom. The molecule has 2 aromatic rings. The monoisotopic (exact) mass is 284 g/mol. The molecule has 3 rings (SSSR count). The summed E-state index contributed by atoms with van der Waals surface area (Å²) in [4.78, 5) is 0. The van der Waals surface area contributed by atoms with Crippen LogP contribution in [0, 0.1) is 3.70 Å². The first kappa shape index (κ1) is 7.79. The SMILES string of the molecule is Ic1[nH]nc2ccc(C3CC3)cc12. The third-order valence-electron chi connectivity index (χ3n) is 2.58. The van der Waals surface area contributed by atoms with Crippen molar-refractivity contribution in [2.75, 3.05) is 0 Å². The van der Waals surface area contributed by atoms with Gasteiger partial charge in [0.1, 0.15) is 3.70 Å². The van der Waals surface area contributed by atoms with Crippen LogP contribution in [0.2, 0.25) is 0 Å². The van der Waals surface area contributed by atoms with Crippen LogP contribution in [0.3, 0.4) is 0 Å². The fourth-order valence-corrected chi connectivity index (χ4v) is 2.22. The van der Waals surface area contributed by atoms with Gasteiger partial charge in [-0.05, 0) is 59.0 Å². The molecule has 0 amide bonds. The molecule has 1 aliphatic carbocycles. The van der Waals surface area contributed by atoms with E-state index in [1.54, 1.807) is 0 Å². The van der Waals surface area contributed by atoms with Crippen molar-refractivity contribution in [3.8, 4) is 0 Å². The fraction of sp³-hybridized carbons (Fsp3) is 0.300. The van der Waals surface area contributed by atoms with E-state index in [0.717, 1.165) is 15.1 Å². The van der Waals surface area contributed by atoms with E-state index in [-0.39, 0.29) is 0 Å². The number of halogens is 1. The Balaban J connectivity index is 2.24. The highest BCUT2D eigenvalue weighted by Crippen LogP contribution is 2.40. The lowest BCUT2D eigenvalue weighted by atomic mass is 10.1. The third kappa shape index (κ3) is 1.25. The second kappa shape index (κ2) is 2.70. The van der Waals surface area contributed by atoms with Crippen molar-refractivity contribution in [3.05, 3.63) is 27.5 Å². The highest BCUT2D eigenvalue weighted by atomic mass is 127. The molecule has 1 aliphatic rings. The Hall–Kier alpha value is -0.580. The Bertz CT molecular complexity index is 457. The van der Waals surface area contributed by atoms with Crippen LogP contribution in [0.25, 0.3) is 10.9 Å². The van der Waals surface area contributed by atoms with Crippen LogP contribution in [0.1, 0.15) is 24.3 Å². The van der Waals surface area contributed by atoms with Crippen molar-refractivity contribution in [1.29, 1.82) is 0 Å². The Morgan fingerprint density at radius 3 is 3.00 bits per heavy atom. The standard InChI is InChI=1S/C10H9IN2/c11-10-8-5-7(6-1-2-6)3-4-9(8)12-13-10/h3-6H,1-2H2,(H,12,13). The molecule has 0 spiro atoms. The first-order chi connectivity index (χ1) is 6.34. The second-order valence-corrected chi connectivity index (χ2v) is 4.67. The maximum atomic E-state index is 4.21. The van der Waals surface area contributed by atoms with Crippen LogP contribution in [-0.2, 0) is 0 Å². The minimum absolute atomic E-state index is 0.829. The summed E-state index contributed by atoms with van der Waals surface area (Å²) in [6.45, 7) is 0. The zero-order valence-corrected chi connectivity index (χ0v) is 9.21. The molecule has 13 heavy (non-hydrogen) atoms. The molecular weight excluding hydrogens is 275 g/mol. The lowest BCUT2D eigenvalue weighted by molar-refractivity contribution is 1.09. The van der Waals surface area contributed by atoms with Crippen LogP contribution in [0.4, 0.5) is 0 Å². The van der Waals surface area contributed by atoms with Gasteiger partial charge in [0.25, 0.3) is 0 Å². The number of benzene rings is 1. The summed E-state index contributed by atoms with van der Waals surface area (Å²) in [7, 11) is 0. The minimum atomic E-state index is 0.829. The zero-order chi connectivity index (χ0) is 8.84. The van der Waals surface area contributed by atoms with Gasteiger partial charge in [-0.15, -0.1) is 0 Å². The fourth-order valence-electron chi connectivity index (χ4n) is 1.67. The molecule has 66 valence electrons. The largest absolute Gasteiger partial charge is 0.271 e. The normalized spacial score (nSPS) is 16.7. The number of H-pyrrole nitrogens is 1. The highest BCUT2D eigenvalue weighted by Gasteiger charge is 2.23. The van der Waals surface area contributed by atoms with Crippen molar-refractivity contribution >= 4 is 33.5 Å². The van der Waals surface area contributed by atoms with Gasteiger partial charge in [0, 0.05) is 5.39 Å². The molecule has 0 saturated heterocycles. The van der Waals surface area contributed by atoms with Crippen LogP contribution in [-0.4, -0.2) is 10.2 Å². The van der Waals surface area contributed by atoms with Gasteiger partial charge in [0.05, 0.1) is 5.52 Å². The van der Waals surface area contributed by atoms with Crippen LogP contribution in [0.15, 0.2) is 18.2 Å². The van der Waals surface area contributed by atoms with Crippen molar-refractivity contribution in [2.24, 2.45) is 0 Å². The maximum absolute atomic E-state index is 4.21. The second-order valence-electron chi connectivity index (χ2n) is 3.59. The van der Waals surface area contributed by atoms with E-state index in [1.807, 2.05) is 0 Å².